The zero-order valence-corrected chi connectivity index (χ0v) is 11.8. The molecule has 100 valence electrons. The molecule has 1 rings (SSSR count). The fourth-order valence-electron chi connectivity index (χ4n) is 1.33. The fraction of sp³-hybridized carbons (Fsp3) is 0.636. The van der Waals surface area contributed by atoms with Crippen molar-refractivity contribution >= 4 is 46.1 Å². The van der Waals surface area contributed by atoms with Crippen molar-refractivity contribution in [2.75, 3.05) is 12.3 Å². The van der Waals surface area contributed by atoms with E-state index in [1.165, 1.54) is 11.8 Å². The van der Waals surface area contributed by atoms with Gasteiger partial charge in [0.1, 0.15) is 10.1 Å². The van der Waals surface area contributed by atoms with Gasteiger partial charge in [0.15, 0.2) is 0 Å². The van der Waals surface area contributed by atoms with Crippen molar-refractivity contribution in [3.8, 4) is 0 Å². The van der Waals surface area contributed by atoms with E-state index in [4.69, 9.17) is 21.8 Å². The number of rotatable bonds is 6. The van der Waals surface area contributed by atoms with E-state index < -0.39 is 0 Å². The summed E-state index contributed by atoms with van der Waals surface area (Å²) < 4.78 is 0.614. The highest BCUT2D eigenvalue weighted by Gasteiger charge is 2.26. The number of hydrogen-bond acceptors (Lipinski definition) is 6. The summed E-state index contributed by atoms with van der Waals surface area (Å²) in [6.07, 6.45) is 3.28. The van der Waals surface area contributed by atoms with Gasteiger partial charge < -0.3 is 0 Å². The van der Waals surface area contributed by atoms with Crippen molar-refractivity contribution in [3.63, 3.8) is 0 Å². The number of thiocarbonyl (C=S) groups is 1. The normalized spacial score (nSPS) is 13.9. The first-order valence-corrected chi connectivity index (χ1v) is 6.94. The van der Waals surface area contributed by atoms with E-state index in [0.717, 1.165) is 12.8 Å². The second-order valence-electron chi connectivity index (χ2n) is 3.58. The lowest BCUT2D eigenvalue weighted by Crippen LogP contribution is -2.30. The van der Waals surface area contributed by atoms with Crippen molar-refractivity contribution in [2.24, 2.45) is 0 Å². The van der Waals surface area contributed by atoms with E-state index in [2.05, 4.69) is 6.92 Å². The summed E-state index contributed by atoms with van der Waals surface area (Å²) in [7, 11) is 0. The zero-order chi connectivity index (χ0) is 14.0. The Morgan fingerprint density at radius 3 is 2.50 bits per heavy atom. The van der Waals surface area contributed by atoms with Crippen molar-refractivity contribution in [2.45, 2.75) is 32.6 Å². The molecular weight excluding hydrogens is 274 g/mol. The number of Topliss-reactive ketones (excluding diaryl/α,β-unsaturated/α-hetero) is 1. The SMILES string of the molecule is CCCCC(=O)CCN1C(=O)CSC1=S.O=C=O. The van der Waals surface area contributed by atoms with Gasteiger partial charge in [0.2, 0.25) is 5.91 Å². The molecule has 1 fully saturated rings. The van der Waals surface area contributed by atoms with Crippen molar-refractivity contribution in [1.82, 2.24) is 4.90 Å². The quantitative estimate of drug-likeness (QED) is 0.689. The maximum Gasteiger partial charge on any atom is 0.373 e. The number of hydrogen-bond donors (Lipinski definition) is 0. The Balaban J connectivity index is 0.000000873. The number of nitrogens with zero attached hydrogens (tertiary/aromatic N) is 1. The standard InChI is InChI=1S/C10H15NO2S2.CO2/c1-2-3-4-8(12)5-6-11-9(13)7-15-10(11)14;2-1-3/h2-7H2,1H3;. The van der Waals surface area contributed by atoms with Crippen LogP contribution in [0.5, 0.6) is 0 Å². The Hall–Kier alpha value is -1.04. The van der Waals surface area contributed by atoms with Gasteiger partial charge in [0, 0.05) is 19.4 Å². The Bertz CT molecular complexity index is 335. The Morgan fingerprint density at radius 2 is 2.06 bits per heavy atom. The molecule has 0 N–H and O–H groups in total. The summed E-state index contributed by atoms with van der Waals surface area (Å²) in [6.45, 7) is 2.52. The fourth-order valence-corrected chi connectivity index (χ4v) is 2.45. The Morgan fingerprint density at radius 1 is 1.44 bits per heavy atom. The van der Waals surface area contributed by atoms with Gasteiger partial charge >= 0.3 is 6.15 Å². The molecule has 0 bridgehead atoms. The molecule has 1 saturated heterocycles. The van der Waals surface area contributed by atoms with Gasteiger partial charge in [-0.3, -0.25) is 14.5 Å². The molecule has 18 heavy (non-hydrogen) atoms. The van der Waals surface area contributed by atoms with E-state index in [-0.39, 0.29) is 17.8 Å². The van der Waals surface area contributed by atoms with Gasteiger partial charge in [-0.15, -0.1) is 0 Å². The average Bonchev–Trinajstić information content (AvgIpc) is 2.65. The van der Waals surface area contributed by atoms with Crippen LogP contribution in [0.2, 0.25) is 0 Å². The molecule has 1 amide bonds. The van der Waals surface area contributed by atoms with Crippen LogP contribution >= 0.6 is 24.0 Å². The molecule has 0 aliphatic carbocycles. The summed E-state index contributed by atoms with van der Waals surface area (Å²) in [6, 6.07) is 0. The van der Waals surface area contributed by atoms with Gasteiger partial charge in [-0.2, -0.15) is 9.59 Å². The van der Waals surface area contributed by atoms with Crippen LogP contribution in [-0.2, 0) is 19.2 Å². The molecular formula is C11H15NO4S2. The predicted octanol–water partition coefficient (Wildman–Crippen LogP) is 1.41. The van der Waals surface area contributed by atoms with Crippen LogP contribution in [0.3, 0.4) is 0 Å². The van der Waals surface area contributed by atoms with Gasteiger partial charge in [-0.05, 0) is 6.42 Å². The molecule has 0 unspecified atom stereocenters. The highest BCUT2D eigenvalue weighted by Crippen LogP contribution is 2.19. The Labute approximate surface area is 115 Å². The Kier molecular flexibility index (Phi) is 9.36. The smallest absolute Gasteiger partial charge is 0.300 e. The number of unbranched alkanes of at least 4 members (excludes halogenated alkanes) is 1. The lowest BCUT2D eigenvalue weighted by molar-refractivity contribution is -0.191. The second kappa shape index (κ2) is 9.94. The molecule has 0 saturated carbocycles. The van der Waals surface area contributed by atoms with E-state index in [9.17, 15) is 9.59 Å². The molecule has 0 aromatic rings. The van der Waals surface area contributed by atoms with Gasteiger partial charge in [0.25, 0.3) is 0 Å². The maximum atomic E-state index is 11.4. The monoisotopic (exact) mass is 289 g/mol. The maximum absolute atomic E-state index is 11.4. The van der Waals surface area contributed by atoms with Crippen LogP contribution < -0.4 is 0 Å². The predicted molar refractivity (Wildman–Crippen MR) is 70.9 cm³/mol. The third kappa shape index (κ3) is 6.64. The van der Waals surface area contributed by atoms with Crippen LogP contribution in [0.25, 0.3) is 0 Å². The van der Waals surface area contributed by atoms with Crippen molar-refractivity contribution in [1.29, 1.82) is 0 Å². The number of thioether (sulfide) groups is 1. The summed E-state index contributed by atoms with van der Waals surface area (Å²) in [5, 5.41) is 0. The van der Waals surface area contributed by atoms with Gasteiger partial charge in [-0.1, -0.05) is 37.3 Å². The number of amides is 1. The molecule has 0 atom stereocenters. The molecule has 0 radical (unpaired) electrons. The minimum absolute atomic E-state index is 0.0355. The van der Waals surface area contributed by atoms with E-state index in [1.807, 2.05) is 0 Å². The molecule has 1 heterocycles. The van der Waals surface area contributed by atoms with Gasteiger partial charge in [0.05, 0.1) is 5.75 Å². The molecule has 7 heteroatoms. The first kappa shape index (κ1) is 17.0. The van der Waals surface area contributed by atoms with Gasteiger partial charge in [-0.25, -0.2) is 0 Å². The van der Waals surface area contributed by atoms with Crippen molar-refractivity contribution < 1.29 is 19.2 Å². The van der Waals surface area contributed by atoms with Crippen LogP contribution in [0.15, 0.2) is 0 Å². The lowest BCUT2D eigenvalue weighted by atomic mass is 10.1. The summed E-state index contributed by atoms with van der Waals surface area (Å²) in [4.78, 5) is 40.5. The second-order valence-corrected chi connectivity index (χ2v) is 5.18. The van der Waals surface area contributed by atoms with Crippen LogP contribution in [0, 0.1) is 0 Å². The minimum Gasteiger partial charge on any atom is -0.300 e. The highest BCUT2D eigenvalue weighted by atomic mass is 32.2. The lowest BCUT2D eigenvalue weighted by Gasteiger charge is -2.13. The van der Waals surface area contributed by atoms with E-state index in [1.54, 1.807) is 4.90 Å². The molecule has 0 spiro atoms. The van der Waals surface area contributed by atoms with E-state index in [0.29, 0.717) is 29.5 Å². The van der Waals surface area contributed by atoms with Crippen LogP contribution in [0.1, 0.15) is 32.6 Å². The largest absolute Gasteiger partial charge is 0.373 e. The van der Waals surface area contributed by atoms with Crippen LogP contribution in [-0.4, -0.2) is 39.4 Å². The molecule has 0 aromatic carbocycles. The average molecular weight is 289 g/mol. The summed E-state index contributed by atoms with van der Waals surface area (Å²) in [5.41, 5.74) is 0. The van der Waals surface area contributed by atoms with Crippen LogP contribution in [0.4, 0.5) is 0 Å². The van der Waals surface area contributed by atoms with Crippen molar-refractivity contribution in [3.05, 3.63) is 0 Å². The minimum atomic E-state index is 0.0355. The molecule has 1 aliphatic heterocycles. The third-order valence-corrected chi connectivity index (χ3v) is 3.70. The molecule has 5 nitrogen and oxygen atoms in total. The summed E-state index contributed by atoms with van der Waals surface area (Å²) in [5.74, 6) is 0.694. The topological polar surface area (TPSA) is 71.5 Å². The number of carbonyl (C=O) groups excluding carboxylic acids is 4. The molecule has 0 aromatic heterocycles. The molecule has 1 aliphatic rings. The first-order chi connectivity index (χ1) is 8.56. The third-order valence-electron chi connectivity index (χ3n) is 2.26. The number of carbonyl (C=O) groups is 2. The van der Waals surface area contributed by atoms with E-state index >= 15 is 0 Å². The number of ketones is 1. The zero-order valence-electron chi connectivity index (χ0n) is 10.1. The highest BCUT2D eigenvalue weighted by molar-refractivity contribution is 8.23. The summed E-state index contributed by atoms with van der Waals surface area (Å²) >= 11 is 6.39. The first-order valence-electron chi connectivity index (χ1n) is 5.54.